The molecular weight excluding hydrogens is 273 g/mol. The molecule has 0 spiro atoms. The molecule has 0 saturated carbocycles. The van der Waals surface area contributed by atoms with Crippen LogP contribution in [0.5, 0.6) is 5.75 Å². The lowest BCUT2D eigenvalue weighted by Gasteiger charge is -2.09. The maximum Gasteiger partial charge on any atom is 0.270 e. The van der Waals surface area contributed by atoms with E-state index in [4.69, 9.17) is 0 Å². The molecule has 0 amide bonds. The van der Waals surface area contributed by atoms with Crippen molar-refractivity contribution in [3.63, 3.8) is 0 Å². The van der Waals surface area contributed by atoms with Crippen molar-refractivity contribution in [1.82, 2.24) is 0 Å². The zero-order valence-electron chi connectivity index (χ0n) is 10.8. The van der Waals surface area contributed by atoms with E-state index in [1.54, 1.807) is 24.3 Å². The van der Waals surface area contributed by atoms with Crippen LogP contribution in [0.2, 0.25) is 0 Å². The van der Waals surface area contributed by atoms with Crippen molar-refractivity contribution >= 4 is 16.5 Å². The Balaban J connectivity index is 2.27. The van der Waals surface area contributed by atoms with E-state index in [1.807, 2.05) is 12.1 Å². The SMILES string of the molecule is O=[N+]([O-])c1ccc(F)c(-c2ccc3ccccc3c2O)c1. The molecule has 0 aromatic heterocycles. The highest BCUT2D eigenvalue weighted by Crippen LogP contribution is 2.38. The molecule has 0 atom stereocenters. The number of hydrogen-bond donors (Lipinski definition) is 1. The number of nitrogens with zero attached hydrogens (tertiary/aromatic N) is 1. The number of nitro benzene ring substituents is 1. The molecule has 3 rings (SSSR count). The second-order valence-corrected chi connectivity index (χ2v) is 4.60. The first kappa shape index (κ1) is 13.1. The van der Waals surface area contributed by atoms with Gasteiger partial charge in [0.2, 0.25) is 0 Å². The number of phenols is 1. The van der Waals surface area contributed by atoms with Gasteiger partial charge in [-0.15, -0.1) is 0 Å². The Morgan fingerprint density at radius 1 is 1.00 bits per heavy atom. The lowest BCUT2D eigenvalue weighted by molar-refractivity contribution is -0.384. The van der Waals surface area contributed by atoms with Crippen LogP contribution >= 0.6 is 0 Å². The number of rotatable bonds is 2. The lowest BCUT2D eigenvalue weighted by atomic mass is 9.99. The Hall–Kier alpha value is -2.95. The van der Waals surface area contributed by atoms with Crippen molar-refractivity contribution in [2.45, 2.75) is 0 Å². The average Bonchev–Trinajstić information content (AvgIpc) is 2.49. The van der Waals surface area contributed by atoms with E-state index in [-0.39, 0.29) is 22.6 Å². The lowest BCUT2D eigenvalue weighted by Crippen LogP contribution is -1.92. The zero-order chi connectivity index (χ0) is 15.0. The normalized spacial score (nSPS) is 10.7. The van der Waals surface area contributed by atoms with Gasteiger partial charge in [0, 0.05) is 28.6 Å². The molecule has 0 aliphatic heterocycles. The molecule has 5 heteroatoms. The molecule has 0 radical (unpaired) electrons. The summed E-state index contributed by atoms with van der Waals surface area (Å²) in [5.41, 5.74) is 0.0151. The third-order valence-corrected chi connectivity index (χ3v) is 3.35. The van der Waals surface area contributed by atoms with Crippen molar-refractivity contribution in [2.24, 2.45) is 0 Å². The molecule has 1 N–H and O–H groups in total. The summed E-state index contributed by atoms with van der Waals surface area (Å²) in [6.45, 7) is 0. The molecule has 0 aliphatic carbocycles. The molecule has 3 aromatic carbocycles. The van der Waals surface area contributed by atoms with E-state index >= 15 is 0 Å². The zero-order valence-corrected chi connectivity index (χ0v) is 10.8. The maximum atomic E-state index is 14.0. The van der Waals surface area contributed by atoms with Crippen molar-refractivity contribution < 1.29 is 14.4 Å². The largest absolute Gasteiger partial charge is 0.507 e. The van der Waals surface area contributed by atoms with E-state index < -0.39 is 10.7 Å². The molecule has 21 heavy (non-hydrogen) atoms. The van der Waals surface area contributed by atoms with Gasteiger partial charge in [0.05, 0.1) is 4.92 Å². The molecule has 104 valence electrons. The summed E-state index contributed by atoms with van der Waals surface area (Å²) < 4.78 is 14.0. The van der Waals surface area contributed by atoms with Gasteiger partial charge in [0.15, 0.2) is 0 Å². The van der Waals surface area contributed by atoms with Gasteiger partial charge in [-0.3, -0.25) is 10.1 Å². The number of benzene rings is 3. The molecule has 0 unspecified atom stereocenters. The Morgan fingerprint density at radius 2 is 1.76 bits per heavy atom. The summed E-state index contributed by atoms with van der Waals surface area (Å²) >= 11 is 0. The molecule has 0 aliphatic rings. The fourth-order valence-electron chi connectivity index (χ4n) is 2.31. The summed E-state index contributed by atoms with van der Waals surface area (Å²) in [6, 6.07) is 13.7. The Kier molecular flexibility index (Phi) is 3.02. The topological polar surface area (TPSA) is 63.4 Å². The summed E-state index contributed by atoms with van der Waals surface area (Å²) in [6.07, 6.45) is 0. The van der Waals surface area contributed by atoms with Crippen LogP contribution in [0.4, 0.5) is 10.1 Å². The molecule has 0 fully saturated rings. The quantitative estimate of drug-likeness (QED) is 0.564. The van der Waals surface area contributed by atoms with Gasteiger partial charge < -0.3 is 5.11 Å². The molecule has 0 bridgehead atoms. The predicted octanol–water partition coefficient (Wildman–Crippen LogP) is 4.26. The van der Waals surface area contributed by atoms with Gasteiger partial charge in [0.1, 0.15) is 11.6 Å². The van der Waals surface area contributed by atoms with Crippen LogP contribution in [0.1, 0.15) is 0 Å². The number of hydrogen-bond acceptors (Lipinski definition) is 3. The monoisotopic (exact) mass is 283 g/mol. The van der Waals surface area contributed by atoms with Crippen LogP contribution in [0, 0.1) is 15.9 Å². The van der Waals surface area contributed by atoms with Crippen LogP contribution in [0.25, 0.3) is 21.9 Å². The van der Waals surface area contributed by atoms with Crippen LogP contribution in [-0.4, -0.2) is 10.0 Å². The van der Waals surface area contributed by atoms with E-state index in [9.17, 15) is 19.6 Å². The van der Waals surface area contributed by atoms with Crippen molar-refractivity contribution in [3.8, 4) is 16.9 Å². The first-order valence-corrected chi connectivity index (χ1v) is 6.23. The van der Waals surface area contributed by atoms with Gasteiger partial charge >= 0.3 is 0 Å². The van der Waals surface area contributed by atoms with E-state index in [1.165, 1.54) is 0 Å². The van der Waals surface area contributed by atoms with Crippen LogP contribution in [-0.2, 0) is 0 Å². The Morgan fingerprint density at radius 3 is 2.52 bits per heavy atom. The number of phenolic OH excluding ortho intramolecular Hbond substituents is 1. The highest BCUT2D eigenvalue weighted by molar-refractivity contribution is 5.94. The van der Waals surface area contributed by atoms with Crippen LogP contribution < -0.4 is 0 Å². The number of aromatic hydroxyl groups is 1. The minimum Gasteiger partial charge on any atom is -0.507 e. The van der Waals surface area contributed by atoms with Gasteiger partial charge in [0.25, 0.3) is 5.69 Å². The van der Waals surface area contributed by atoms with Gasteiger partial charge in [-0.2, -0.15) is 0 Å². The minimum atomic E-state index is -0.619. The number of halogens is 1. The van der Waals surface area contributed by atoms with Crippen molar-refractivity contribution in [1.29, 1.82) is 0 Å². The summed E-state index contributed by atoms with van der Waals surface area (Å²) in [5, 5.41) is 22.5. The highest BCUT2D eigenvalue weighted by atomic mass is 19.1. The smallest absolute Gasteiger partial charge is 0.270 e. The first-order chi connectivity index (χ1) is 10.1. The van der Waals surface area contributed by atoms with Crippen molar-refractivity contribution in [3.05, 3.63) is 70.5 Å². The minimum absolute atomic E-state index is 0.00690. The number of nitro groups is 1. The third kappa shape index (κ3) is 2.18. The Labute approximate surface area is 119 Å². The predicted molar refractivity (Wildman–Crippen MR) is 77.7 cm³/mol. The maximum absolute atomic E-state index is 14.0. The fraction of sp³-hybridized carbons (Fsp3) is 0. The third-order valence-electron chi connectivity index (χ3n) is 3.35. The van der Waals surface area contributed by atoms with Crippen LogP contribution in [0.3, 0.4) is 0 Å². The molecule has 0 heterocycles. The average molecular weight is 283 g/mol. The summed E-state index contributed by atoms with van der Waals surface area (Å²) in [5.74, 6) is -0.710. The molecular formula is C16H10FNO3. The fourth-order valence-corrected chi connectivity index (χ4v) is 2.31. The first-order valence-electron chi connectivity index (χ1n) is 6.23. The van der Waals surface area contributed by atoms with Gasteiger partial charge in [-0.25, -0.2) is 4.39 Å². The van der Waals surface area contributed by atoms with E-state index in [0.717, 1.165) is 23.6 Å². The van der Waals surface area contributed by atoms with Gasteiger partial charge in [-0.05, 0) is 17.5 Å². The molecule has 3 aromatic rings. The standard InChI is InChI=1S/C16H10FNO3/c17-15-8-6-11(18(20)21)9-14(15)13-7-5-10-3-1-2-4-12(10)16(13)19/h1-9,19H. The van der Waals surface area contributed by atoms with E-state index in [2.05, 4.69) is 0 Å². The summed E-state index contributed by atoms with van der Waals surface area (Å²) in [7, 11) is 0. The van der Waals surface area contributed by atoms with E-state index in [0.29, 0.717) is 5.39 Å². The number of fused-ring (bicyclic) bond motifs is 1. The molecule has 0 saturated heterocycles. The second-order valence-electron chi connectivity index (χ2n) is 4.60. The molecule has 4 nitrogen and oxygen atoms in total. The Bertz CT molecular complexity index is 861. The summed E-state index contributed by atoms with van der Waals surface area (Å²) in [4.78, 5) is 10.2. The van der Waals surface area contributed by atoms with Gasteiger partial charge in [-0.1, -0.05) is 30.3 Å². The highest BCUT2D eigenvalue weighted by Gasteiger charge is 2.16. The number of non-ortho nitro benzene ring substituents is 1. The van der Waals surface area contributed by atoms with Crippen LogP contribution in [0.15, 0.2) is 54.6 Å². The second kappa shape index (κ2) is 4.86. The van der Waals surface area contributed by atoms with Crippen molar-refractivity contribution in [2.75, 3.05) is 0 Å².